The predicted octanol–water partition coefficient (Wildman–Crippen LogP) is 7.14. The lowest BCUT2D eigenvalue weighted by atomic mass is 10.1. The third kappa shape index (κ3) is 5.77. The molecule has 2 aromatic heterocycles. The molecule has 188 valence electrons. The first-order valence-corrected chi connectivity index (χ1v) is 12.5. The van der Waals surface area contributed by atoms with Gasteiger partial charge in [-0.15, -0.1) is 11.3 Å². The van der Waals surface area contributed by atoms with Crippen LogP contribution in [0, 0.1) is 10.1 Å². The summed E-state index contributed by atoms with van der Waals surface area (Å²) in [4.78, 5) is 27.9. The zero-order valence-electron chi connectivity index (χ0n) is 19.5. The van der Waals surface area contributed by atoms with E-state index < -0.39 is 10.8 Å². The molecule has 1 amide bonds. The molecule has 38 heavy (non-hydrogen) atoms. The van der Waals surface area contributed by atoms with E-state index in [-0.39, 0.29) is 5.69 Å². The van der Waals surface area contributed by atoms with Crippen LogP contribution in [-0.4, -0.2) is 22.0 Å². The molecule has 0 aliphatic rings. The SMILES string of the molecule is O=C(N/N=C\c1ccc(-c2ccccc2[N+](=O)[O-])o1)c1ccc(-c2csc(Nc3ccc(Cl)cc3)n2)cc1. The molecule has 0 saturated carbocycles. The second-order valence-corrected chi connectivity index (χ2v) is 9.22. The van der Waals surface area contributed by atoms with Gasteiger partial charge in [-0.25, -0.2) is 10.4 Å². The first-order valence-electron chi connectivity index (χ1n) is 11.2. The number of carbonyl (C=O) groups is 1. The Morgan fingerprint density at radius 2 is 1.79 bits per heavy atom. The number of hydrazone groups is 1. The second-order valence-electron chi connectivity index (χ2n) is 7.92. The number of aromatic nitrogens is 1. The van der Waals surface area contributed by atoms with E-state index in [0.29, 0.717) is 27.7 Å². The lowest BCUT2D eigenvalue weighted by Gasteiger charge is -2.03. The Kier molecular flexibility index (Phi) is 7.25. The van der Waals surface area contributed by atoms with E-state index in [2.05, 4.69) is 20.8 Å². The Hall–Kier alpha value is -4.80. The molecule has 3 aromatic carbocycles. The van der Waals surface area contributed by atoms with E-state index in [1.54, 1.807) is 54.6 Å². The van der Waals surface area contributed by atoms with Gasteiger partial charge in [0.05, 0.1) is 22.4 Å². The molecule has 9 nitrogen and oxygen atoms in total. The number of nitrogens with one attached hydrogen (secondary N) is 2. The van der Waals surface area contributed by atoms with Crippen LogP contribution in [0.25, 0.3) is 22.6 Å². The average Bonchev–Trinajstić information content (AvgIpc) is 3.60. The quantitative estimate of drug-likeness (QED) is 0.122. The Labute approximate surface area is 225 Å². The number of anilines is 2. The molecule has 0 spiro atoms. The molecule has 0 fully saturated rings. The van der Waals surface area contributed by atoms with Crippen LogP contribution in [0.15, 0.2) is 99.8 Å². The third-order valence-electron chi connectivity index (χ3n) is 5.39. The van der Waals surface area contributed by atoms with Crippen LogP contribution in [0.5, 0.6) is 0 Å². The van der Waals surface area contributed by atoms with Crippen molar-refractivity contribution in [2.75, 3.05) is 5.32 Å². The van der Waals surface area contributed by atoms with E-state index in [4.69, 9.17) is 16.0 Å². The van der Waals surface area contributed by atoms with Crippen molar-refractivity contribution in [3.63, 3.8) is 0 Å². The summed E-state index contributed by atoms with van der Waals surface area (Å²) in [6, 6.07) is 23.9. The number of nitro benzene ring substituents is 1. The van der Waals surface area contributed by atoms with Crippen LogP contribution in [0.1, 0.15) is 16.1 Å². The number of amides is 1. The van der Waals surface area contributed by atoms with Crippen LogP contribution >= 0.6 is 22.9 Å². The maximum atomic E-state index is 12.5. The molecule has 0 unspecified atom stereocenters. The Morgan fingerprint density at radius 1 is 1.03 bits per heavy atom. The summed E-state index contributed by atoms with van der Waals surface area (Å²) in [5.74, 6) is 0.260. The minimum Gasteiger partial charge on any atom is -0.455 e. The van der Waals surface area contributed by atoms with Gasteiger partial charge in [0.2, 0.25) is 0 Å². The van der Waals surface area contributed by atoms with Gasteiger partial charge in [-0.05, 0) is 54.6 Å². The Morgan fingerprint density at radius 3 is 2.55 bits per heavy atom. The zero-order chi connectivity index (χ0) is 26.5. The number of halogens is 1. The highest BCUT2D eigenvalue weighted by molar-refractivity contribution is 7.14. The first-order chi connectivity index (χ1) is 18.5. The monoisotopic (exact) mass is 543 g/mol. The molecule has 0 aliphatic carbocycles. The van der Waals surface area contributed by atoms with Gasteiger partial charge in [-0.1, -0.05) is 35.9 Å². The molecule has 0 saturated heterocycles. The minimum absolute atomic E-state index is 0.0613. The number of nitrogens with zero attached hydrogens (tertiary/aromatic N) is 3. The first kappa shape index (κ1) is 24.9. The van der Waals surface area contributed by atoms with Crippen LogP contribution in [0.3, 0.4) is 0 Å². The van der Waals surface area contributed by atoms with Gasteiger partial charge in [0, 0.05) is 33.3 Å². The lowest BCUT2D eigenvalue weighted by molar-refractivity contribution is -0.384. The van der Waals surface area contributed by atoms with E-state index in [1.165, 1.54) is 23.6 Å². The summed E-state index contributed by atoms with van der Waals surface area (Å²) < 4.78 is 5.64. The third-order valence-corrected chi connectivity index (χ3v) is 6.40. The number of hydrogen-bond donors (Lipinski definition) is 2. The highest BCUT2D eigenvalue weighted by Gasteiger charge is 2.17. The van der Waals surface area contributed by atoms with Crippen molar-refractivity contribution in [1.29, 1.82) is 0 Å². The normalized spacial score (nSPS) is 11.0. The zero-order valence-corrected chi connectivity index (χ0v) is 21.1. The van der Waals surface area contributed by atoms with E-state index in [9.17, 15) is 14.9 Å². The van der Waals surface area contributed by atoms with E-state index in [0.717, 1.165) is 22.1 Å². The molecule has 0 atom stereocenters. The van der Waals surface area contributed by atoms with Crippen LogP contribution in [0.2, 0.25) is 5.02 Å². The highest BCUT2D eigenvalue weighted by atomic mass is 35.5. The molecule has 5 rings (SSSR count). The van der Waals surface area contributed by atoms with Gasteiger partial charge >= 0.3 is 0 Å². The molecule has 0 aliphatic heterocycles. The number of rotatable bonds is 8. The highest BCUT2D eigenvalue weighted by Crippen LogP contribution is 2.31. The van der Waals surface area contributed by atoms with Crippen molar-refractivity contribution >= 4 is 51.6 Å². The molecule has 0 bridgehead atoms. The smallest absolute Gasteiger partial charge is 0.280 e. The molecule has 2 N–H and O–H groups in total. The summed E-state index contributed by atoms with van der Waals surface area (Å²) in [7, 11) is 0. The average molecular weight is 544 g/mol. The van der Waals surface area contributed by atoms with Gasteiger partial charge in [-0.3, -0.25) is 14.9 Å². The largest absolute Gasteiger partial charge is 0.455 e. The Bertz CT molecular complexity index is 1630. The fourth-order valence-electron chi connectivity index (χ4n) is 3.54. The van der Waals surface area contributed by atoms with Crippen molar-refractivity contribution in [1.82, 2.24) is 10.4 Å². The number of furan rings is 1. The summed E-state index contributed by atoms with van der Waals surface area (Å²) in [6.07, 6.45) is 1.33. The summed E-state index contributed by atoms with van der Waals surface area (Å²) in [5, 5.41) is 21.7. The van der Waals surface area contributed by atoms with Crippen molar-refractivity contribution in [3.05, 3.63) is 117 Å². The van der Waals surface area contributed by atoms with Crippen molar-refractivity contribution in [2.45, 2.75) is 0 Å². The minimum atomic E-state index is -0.469. The summed E-state index contributed by atoms with van der Waals surface area (Å²) in [5.41, 5.74) is 5.69. The van der Waals surface area contributed by atoms with Crippen molar-refractivity contribution in [3.8, 4) is 22.6 Å². The van der Waals surface area contributed by atoms with Gasteiger partial charge < -0.3 is 9.73 Å². The fourth-order valence-corrected chi connectivity index (χ4v) is 4.41. The number of benzene rings is 3. The molecule has 2 heterocycles. The number of thiazole rings is 1. The van der Waals surface area contributed by atoms with Crippen molar-refractivity contribution < 1.29 is 14.1 Å². The number of para-hydroxylation sites is 1. The summed E-state index contributed by atoms with van der Waals surface area (Å²) in [6.45, 7) is 0. The Balaban J connectivity index is 1.19. The van der Waals surface area contributed by atoms with Gasteiger partial charge in [0.25, 0.3) is 11.6 Å². The molecule has 11 heteroatoms. The molecular formula is C27H18ClN5O4S. The summed E-state index contributed by atoms with van der Waals surface area (Å²) >= 11 is 7.39. The standard InChI is InChI=1S/C27H18ClN5O4S/c28-19-9-11-20(12-10-19)30-27-31-23(16-38-27)17-5-7-18(8-6-17)26(34)32-29-15-21-13-14-25(37-21)22-3-1-2-4-24(22)33(35)36/h1-16H,(H,30,31)(H,32,34)/b29-15-. The van der Waals surface area contributed by atoms with Crippen LogP contribution in [0.4, 0.5) is 16.5 Å². The molecule has 5 aromatic rings. The van der Waals surface area contributed by atoms with Gasteiger partial charge in [-0.2, -0.15) is 5.10 Å². The van der Waals surface area contributed by atoms with Crippen molar-refractivity contribution in [2.24, 2.45) is 5.10 Å². The van der Waals surface area contributed by atoms with Gasteiger partial charge in [0.1, 0.15) is 11.5 Å². The lowest BCUT2D eigenvalue weighted by Crippen LogP contribution is -2.17. The fraction of sp³-hybridized carbons (Fsp3) is 0. The topological polar surface area (TPSA) is 123 Å². The van der Waals surface area contributed by atoms with Crippen LogP contribution < -0.4 is 10.7 Å². The number of nitro groups is 1. The molecular weight excluding hydrogens is 526 g/mol. The maximum absolute atomic E-state index is 12.5. The number of hydrogen-bond acceptors (Lipinski definition) is 8. The maximum Gasteiger partial charge on any atom is 0.280 e. The molecule has 0 radical (unpaired) electrons. The second kappa shape index (κ2) is 11.1. The van der Waals surface area contributed by atoms with E-state index >= 15 is 0 Å². The predicted molar refractivity (Wildman–Crippen MR) is 148 cm³/mol. The van der Waals surface area contributed by atoms with E-state index in [1.807, 2.05) is 29.6 Å². The van der Waals surface area contributed by atoms with Gasteiger partial charge in [0.15, 0.2) is 5.13 Å². The number of carbonyl (C=O) groups excluding carboxylic acids is 1. The van der Waals surface area contributed by atoms with Crippen LogP contribution in [-0.2, 0) is 0 Å².